The van der Waals surface area contributed by atoms with Crippen LogP contribution in [-0.2, 0) is 14.8 Å². The number of piperidine rings is 1. The van der Waals surface area contributed by atoms with Gasteiger partial charge < -0.3 is 10.2 Å². The molecule has 1 N–H and O–H groups in total. The predicted octanol–water partition coefficient (Wildman–Crippen LogP) is 4.53. The highest BCUT2D eigenvalue weighted by Crippen LogP contribution is 2.35. The lowest BCUT2D eigenvalue weighted by Gasteiger charge is -2.33. The first-order valence-corrected chi connectivity index (χ1v) is 13.2. The standard InChI is InChI=1S/C24H30ClN3O3S/c1-17-22(19-7-9-21(25)10-8-19)32(30,31)27-23(17)28-15-12-20(13-16-28)24(29)26-14-11-18-5-3-2-4-6-18/h5,7-10,20H,2-4,6,11-16H2,1H3,(H,26,29). The zero-order valence-electron chi connectivity index (χ0n) is 18.4. The first kappa shape index (κ1) is 23.1. The Balaban J connectivity index is 1.35. The van der Waals surface area contributed by atoms with Crippen LogP contribution in [0.25, 0.3) is 4.91 Å². The number of rotatable bonds is 5. The third kappa shape index (κ3) is 5.09. The maximum atomic E-state index is 12.8. The number of nitrogens with one attached hydrogen (secondary N) is 1. The molecule has 8 heteroatoms. The Hall–Kier alpha value is -2.12. The number of carbonyl (C=O) groups is 1. The van der Waals surface area contributed by atoms with E-state index < -0.39 is 10.0 Å². The molecule has 1 aromatic rings. The third-order valence-corrected chi connectivity index (χ3v) is 8.27. The van der Waals surface area contributed by atoms with Crippen LogP contribution in [0.1, 0.15) is 57.4 Å². The Morgan fingerprint density at radius 2 is 1.91 bits per heavy atom. The fourth-order valence-electron chi connectivity index (χ4n) is 4.76. The van der Waals surface area contributed by atoms with Crippen molar-refractivity contribution in [1.82, 2.24) is 10.2 Å². The number of halogens is 1. The van der Waals surface area contributed by atoms with Gasteiger partial charge in [0.2, 0.25) is 5.91 Å². The zero-order chi connectivity index (χ0) is 22.7. The molecule has 2 heterocycles. The Morgan fingerprint density at radius 1 is 1.19 bits per heavy atom. The number of amides is 1. The molecule has 0 aromatic heterocycles. The lowest BCUT2D eigenvalue weighted by molar-refractivity contribution is -0.126. The topological polar surface area (TPSA) is 78.8 Å². The van der Waals surface area contributed by atoms with Crippen LogP contribution in [0, 0.1) is 5.92 Å². The number of sulfonamides is 1. The van der Waals surface area contributed by atoms with Gasteiger partial charge in [-0.25, -0.2) is 0 Å². The molecule has 172 valence electrons. The number of allylic oxidation sites excluding steroid dienone is 1. The van der Waals surface area contributed by atoms with Crippen LogP contribution in [-0.4, -0.2) is 44.7 Å². The van der Waals surface area contributed by atoms with Crippen LogP contribution in [0.5, 0.6) is 0 Å². The van der Waals surface area contributed by atoms with E-state index in [0.29, 0.717) is 54.5 Å². The van der Waals surface area contributed by atoms with Gasteiger partial charge in [-0.15, -0.1) is 4.40 Å². The molecule has 32 heavy (non-hydrogen) atoms. The molecular formula is C24H30ClN3O3S. The summed E-state index contributed by atoms with van der Waals surface area (Å²) in [6.45, 7) is 3.72. The quantitative estimate of drug-likeness (QED) is 0.634. The monoisotopic (exact) mass is 475 g/mol. The highest BCUT2D eigenvalue weighted by molar-refractivity contribution is 8.00. The van der Waals surface area contributed by atoms with Crippen molar-refractivity contribution in [2.45, 2.75) is 51.9 Å². The largest absolute Gasteiger partial charge is 0.356 e. The normalized spacial score (nSPS) is 21.4. The third-order valence-electron chi connectivity index (χ3n) is 6.54. The van der Waals surface area contributed by atoms with Crippen molar-refractivity contribution in [3.8, 4) is 0 Å². The van der Waals surface area contributed by atoms with E-state index in [1.807, 2.05) is 4.90 Å². The number of amidine groups is 1. The van der Waals surface area contributed by atoms with E-state index in [2.05, 4.69) is 15.8 Å². The fourth-order valence-corrected chi connectivity index (χ4v) is 6.37. The van der Waals surface area contributed by atoms with E-state index >= 15 is 0 Å². The molecule has 1 aliphatic carbocycles. The minimum absolute atomic E-state index is 0.0368. The Morgan fingerprint density at radius 3 is 2.56 bits per heavy atom. The summed E-state index contributed by atoms with van der Waals surface area (Å²) in [5.41, 5.74) is 2.70. The average Bonchev–Trinajstić information content (AvgIpc) is 3.04. The molecule has 0 spiro atoms. The minimum Gasteiger partial charge on any atom is -0.356 e. The summed E-state index contributed by atoms with van der Waals surface area (Å²) in [5.74, 6) is 0.569. The molecule has 1 saturated heterocycles. The molecular weight excluding hydrogens is 446 g/mol. The second-order valence-corrected chi connectivity index (χ2v) is 10.7. The summed E-state index contributed by atoms with van der Waals surface area (Å²) in [7, 11) is -3.76. The molecule has 6 nitrogen and oxygen atoms in total. The summed E-state index contributed by atoms with van der Waals surface area (Å²) in [6.07, 6.45) is 9.49. The number of carbonyl (C=O) groups excluding carboxylic acids is 1. The van der Waals surface area contributed by atoms with Crippen molar-refractivity contribution in [1.29, 1.82) is 0 Å². The molecule has 1 aromatic carbocycles. The van der Waals surface area contributed by atoms with E-state index in [1.54, 1.807) is 31.2 Å². The van der Waals surface area contributed by atoms with Crippen molar-refractivity contribution in [2.75, 3.05) is 19.6 Å². The Kier molecular flexibility index (Phi) is 7.05. The first-order valence-electron chi connectivity index (χ1n) is 11.4. The summed E-state index contributed by atoms with van der Waals surface area (Å²) in [6, 6.07) is 6.77. The second-order valence-electron chi connectivity index (χ2n) is 8.76. The van der Waals surface area contributed by atoms with Gasteiger partial charge in [0.15, 0.2) is 0 Å². The van der Waals surface area contributed by atoms with Gasteiger partial charge in [0, 0.05) is 36.1 Å². The van der Waals surface area contributed by atoms with Crippen LogP contribution < -0.4 is 5.32 Å². The summed E-state index contributed by atoms with van der Waals surface area (Å²) >= 11 is 5.95. The van der Waals surface area contributed by atoms with Crippen molar-refractivity contribution < 1.29 is 13.2 Å². The van der Waals surface area contributed by atoms with Crippen LogP contribution in [0.4, 0.5) is 0 Å². The first-order chi connectivity index (χ1) is 15.3. The average molecular weight is 476 g/mol. The van der Waals surface area contributed by atoms with Crippen LogP contribution in [0.2, 0.25) is 5.02 Å². The van der Waals surface area contributed by atoms with Gasteiger partial charge >= 0.3 is 0 Å². The summed E-state index contributed by atoms with van der Waals surface area (Å²) in [4.78, 5) is 14.8. The van der Waals surface area contributed by atoms with Gasteiger partial charge in [0.25, 0.3) is 10.0 Å². The lowest BCUT2D eigenvalue weighted by Crippen LogP contribution is -2.43. The number of hydrogen-bond acceptors (Lipinski definition) is 4. The van der Waals surface area contributed by atoms with Crippen molar-refractivity contribution in [2.24, 2.45) is 10.3 Å². The zero-order valence-corrected chi connectivity index (χ0v) is 20.0. The van der Waals surface area contributed by atoms with E-state index in [4.69, 9.17) is 11.6 Å². The number of benzene rings is 1. The molecule has 4 rings (SSSR count). The maximum absolute atomic E-state index is 12.8. The number of hydrogen-bond donors (Lipinski definition) is 1. The number of nitrogens with zero attached hydrogens (tertiary/aromatic N) is 2. The smallest absolute Gasteiger partial charge is 0.285 e. The molecule has 1 amide bonds. The summed E-state index contributed by atoms with van der Waals surface area (Å²) < 4.78 is 29.6. The van der Waals surface area contributed by atoms with Crippen LogP contribution in [0.15, 0.2) is 45.9 Å². The molecule has 0 unspecified atom stereocenters. The van der Waals surface area contributed by atoms with E-state index in [-0.39, 0.29) is 16.7 Å². The maximum Gasteiger partial charge on any atom is 0.285 e. The van der Waals surface area contributed by atoms with Gasteiger partial charge in [-0.2, -0.15) is 8.42 Å². The molecule has 3 aliphatic rings. The van der Waals surface area contributed by atoms with Crippen molar-refractivity contribution in [3.05, 3.63) is 52.1 Å². The van der Waals surface area contributed by atoms with Gasteiger partial charge in [0.1, 0.15) is 10.7 Å². The van der Waals surface area contributed by atoms with Crippen LogP contribution >= 0.6 is 11.6 Å². The molecule has 0 saturated carbocycles. The Bertz CT molecular complexity index is 1070. The van der Waals surface area contributed by atoms with Gasteiger partial charge in [-0.1, -0.05) is 35.4 Å². The van der Waals surface area contributed by atoms with E-state index in [1.165, 1.54) is 18.4 Å². The lowest BCUT2D eigenvalue weighted by atomic mass is 9.94. The molecule has 0 radical (unpaired) electrons. The SMILES string of the molecule is CC1=C(c2ccc(Cl)cc2)S(=O)(=O)N=C1N1CCC(C(=O)NCCC2=CCCCC2)CC1. The van der Waals surface area contributed by atoms with E-state index in [9.17, 15) is 13.2 Å². The van der Waals surface area contributed by atoms with Gasteiger partial charge in [-0.3, -0.25) is 4.79 Å². The van der Waals surface area contributed by atoms with Crippen molar-refractivity contribution >= 4 is 38.3 Å². The molecule has 0 bridgehead atoms. The predicted molar refractivity (Wildman–Crippen MR) is 129 cm³/mol. The minimum atomic E-state index is -3.76. The fraction of sp³-hybridized carbons (Fsp3) is 0.500. The molecule has 0 atom stereocenters. The molecule has 2 aliphatic heterocycles. The van der Waals surface area contributed by atoms with E-state index in [0.717, 1.165) is 19.3 Å². The molecule has 1 fully saturated rings. The van der Waals surface area contributed by atoms with Gasteiger partial charge in [-0.05, 0) is 69.6 Å². The second kappa shape index (κ2) is 9.79. The Labute approximate surface area is 195 Å². The highest BCUT2D eigenvalue weighted by Gasteiger charge is 2.35. The van der Waals surface area contributed by atoms with Crippen LogP contribution in [0.3, 0.4) is 0 Å². The van der Waals surface area contributed by atoms with Crippen molar-refractivity contribution in [3.63, 3.8) is 0 Å². The summed E-state index contributed by atoms with van der Waals surface area (Å²) in [5, 5.41) is 3.65. The highest BCUT2D eigenvalue weighted by atomic mass is 35.5. The van der Waals surface area contributed by atoms with Gasteiger partial charge in [0.05, 0.1) is 0 Å². The number of likely N-dealkylation sites (tertiary alicyclic amines) is 1.